The number of anilines is 1. The third kappa shape index (κ3) is 6.79. The molecule has 172 valence electrons. The summed E-state index contributed by atoms with van der Waals surface area (Å²) in [5.74, 6) is -1.26. The second-order valence-corrected chi connectivity index (χ2v) is 9.07. The first-order chi connectivity index (χ1) is 15.7. The first-order valence-electron chi connectivity index (χ1n) is 10.0. The second kappa shape index (κ2) is 11.7. The maximum absolute atomic E-state index is 12.8. The number of aryl methyl sites for hydroxylation is 1. The Morgan fingerprint density at radius 3 is 2.00 bits per heavy atom. The van der Waals surface area contributed by atoms with Crippen molar-refractivity contribution in [3.8, 4) is 12.1 Å². The summed E-state index contributed by atoms with van der Waals surface area (Å²) in [6, 6.07) is 16.1. The molecule has 0 fully saturated rings. The Balaban J connectivity index is 2.03. The average molecular weight is 469 g/mol. The monoisotopic (exact) mass is 468 g/mol. The molecular weight excluding hydrogens is 444 g/mol. The molecule has 0 bridgehead atoms. The van der Waals surface area contributed by atoms with Gasteiger partial charge >= 0.3 is 5.97 Å². The lowest BCUT2D eigenvalue weighted by Gasteiger charge is -2.20. The van der Waals surface area contributed by atoms with Crippen LogP contribution < -0.4 is 4.31 Å². The van der Waals surface area contributed by atoms with E-state index in [9.17, 15) is 18.0 Å². The molecule has 0 unspecified atom stereocenters. The van der Waals surface area contributed by atoms with Crippen LogP contribution in [0.4, 0.5) is 5.69 Å². The third-order valence-corrected chi connectivity index (χ3v) is 6.61. The van der Waals surface area contributed by atoms with Crippen LogP contribution in [0.2, 0.25) is 0 Å². The van der Waals surface area contributed by atoms with E-state index in [2.05, 4.69) is 0 Å². The number of nitrogens with zero attached hydrogens (tertiary/aromatic N) is 4. The Morgan fingerprint density at radius 2 is 1.48 bits per heavy atom. The normalized spacial score (nSPS) is 10.5. The predicted octanol–water partition coefficient (Wildman–Crippen LogP) is 2.63. The largest absolute Gasteiger partial charge is 0.452 e. The molecule has 0 saturated carbocycles. The summed E-state index contributed by atoms with van der Waals surface area (Å²) in [6.07, 6.45) is 0.206. The molecule has 0 aromatic heterocycles. The van der Waals surface area contributed by atoms with Crippen molar-refractivity contribution < 1.29 is 22.7 Å². The van der Waals surface area contributed by atoms with Crippen LogP contribution in [0.5, 0.6) is 0 Å². The smallest absolute Gasteiger partial charge is 0.338 e. The van der Waals surface area contributed by atoms with Crippen LogP contribution in [-0.2, 0) is 19.6 Å². The topological polar surface area (TPSA) is 132 Å². The maximum atomic E-state index is 12.8. The third-order valence-electron chi connectivity index (χ3n) is 4.81. The molecule has 0 saturated heterocycles. The van der Waals surface area contributed by atoms with Gasteiger partial charge in [0, 0.05) is 20.1 Å². The van der Waals surface area contributed by atoms with E-state index in [4.69, 9.17) is 15.3 Å². The number of carbonyl (C=O) groups is 2. The molecule has 0 radical (unpaired) electrons. The van der Waals surface area contributed by atoms with E-state index in [0.29, 0.717) is 5.69 Å². The molecule has 0 atom stereocenters. The lowest BCUT2D eigenvalue weighted by atomic mass is 10.2. The molecule has 0 N–H and O–H groups in total. The van der Waals surface area contributed by atoms with Gasteiger partial charge in [-0.2, -0.15) is 10.5 Å². The number of esters is 1. The van der Waals surface area contributed by atoms with Gasteiger partial charge in [-0.3, -0.25) is 9.10 Å². The number of rotatable bonds is 10. The van der Waals surface area contributed by atoms with E-state index in [0.717, 1.165) is 9.87 Å². The molecule has 2 aromatic carbocycles. The Labute approximate surface area is 193 Å². The Hall–Kier alpha value is -3.89. The van der Waals surface area contributed by atoms with E-state index in [-0.39, 0.29) is 36.4 Å². The summed E-state index contributed by atoms with van der Waals surface area (Å²) in [7, 11) is -2.35. The number of benzene rings is 2. The van der Waals surface area contributed by atoms with Gasteiger partial charge in [-0.25, -0.2) is 13.2 Å². The summed E-state index contributed by atoms with van der Waals surface area (Å²) < 4.78 is 31.8. The van der Waals surface area contributed by atoms with Crippen LogP contribution in [0.15, 0.2) is 53.4 Å². The number of nitriles is 2. The number of sulfonamides is 1. The van der Waals surface area contributed by atoms with Gasteiger partial charge in [0.15, 0.2) is 6.61 Å². The number of ether oxygens (including phenoxy) is 1. The number of hydrogen-bond donors (Lipinski definition) is 0. The van der Waals surface area contributed by atoms with Crippen LogP contribution in [0.3, 0.4) is 0 Å². The highest BCUT2D eigenvalue weighted by Gasteiger charge is 2.22. The summed E-state index contributed by atoms with van der Waals surface area (Å²) in [4.78, 5) is 26.0. The molecule has 10 heteroatoms. The summed E-state index contributed by atoms with van der Waals surface area (Å²) in [6.45, 7) is 1.62. The minimum atomic E-state index is -3.77. The van der Waals surface area contributed by atoms with Gasteiger partial charge in [0.1, 0.15) is 0 Å². The average Bonchev–Trinajstić information content (AvgIpc) is 2.82. The minimum Gasteiger partial charge on any atom is -0.452 e. The summed E-state index contributed by atoms with van der Waals surface area (Å²) >= 11 is 0. The van der Waals surface area contributed by atoms with Gasteiger partial charge in [0.05, 0.1) is 41.1 Å². The molecule has 33 heavy (non-hydrogen) atoms. The second-order valence-electron chi connectivity index (χ2n) is 7.11. The van der Waals surface area contributed by atoms with Crippen LogP contribution in [-0.4, -0.2) is 51.9 Å². The molecule has 0 aliphatic rings. The van der Waals surface area contributed by atoms with E-state index in [1.165, 1.54) is 48.3 Å². The Bertz CT molecular complexity index is 1150. The number of hydrogen-bond acceptors (Lipinski definition) is 7. The summed E-state index contributed by atoms with van der Waals surface area (Å²) in [5.41, 5.74) is 1.44. The van der Waals surface area contributed by atoms with Gasteiger partial charge in [0.25, 0.3) is 15.9 Å². The van der Waals surface area contributed by atoms with Crippen molar-refractivity contribution in [1.82, 2.24) is 4.90 Å². The van der Waals surface area contributed by atoms with E-state index in [1.807, 2.05) is 19.1 Å². The van der Waals surface area contributed by atoms with Crippen molar-refractivity contribution in [2.45, 2.75) is 24.7 Å². The molecule has 2 aromatic rings. The van der Waals surface area contributed by atoms with Crippen LogP contribution >= 0.6 is 0 Å². The van der Waals surface area contributed by atoms with Gasteiger partial charge < -0.3 is 9.64 Å². The quantitative estimate of drug-likeness (QED) is 0.490. The Morgan fingerprint density at radius 1 is 0.939 bits per heavy atom. The predicted molar refractivity (Wildman–Crippen MR) is 121 cm³/mol. The molecule has 0 spiro atoms. The van der Waals surface area contributed by atoms with Crippen molar-refractivity contribution in [3.05, 3.63) is 59.7 Å². The van der Waals surface area contributed by atoms with Gasteiger partial charge in [-0.05, 0) is 43.3 Å². The lowest BCUT2D eigenvalue weighted by Crippen LogP contribution is -2.36. The fraction of sp³-hybridized carbons (Fsp3) is 0.304. The Kier molecular flexibility index (Phi) is 8.96. The van der Waals surface area contributed by atoms with E-state index >= 15 is 0 Å². The van der Waals surface area contributed by atoms with Gasteiger partial charge in [-0.15, -0.1) is 0 Å². The molecule has 0 aliphatic heterocycles. The zero-order chi connectivity index (χ0) is 24.4. The van der Waals surface area contributed by atoms with Crippen molar-refractivity contribution in [2.24, 2.45) is 0 Å². The highest BCUT2D eigenvalue weighted by molar-refractivity contribution is 7.92. The van der Waals surface area contributed by atoms with E-state index in [1.54, 1.807) is 12.1 Å². The van der Waals surface area contributed by atoms with E-state index < -0.39 is 28.5 Å². The van der Waals surface area contributed by atoms with Crippen LogP contribution in [0.25, 0.3) is 0 Å². The number of amides is 1. The lowest BCUT2D eigenvalue weighted by molar-refractivity contribution is -0.134. The highest BCUT2D eigenvalue weighted by atomic mass is 32.2. The molecule has 1 amide bonds. The minimum absolute atomic E-state index is 0.103. The summed E-state index contributed by atoms with van der Waals surface area (Å²) in [5, 5.41) is 17.4. The van der Waals surface area contributed by atoms with Gasteiger partial charge in [-0.1, -0.05) is 17.7 Å². The van der Waals surface area contributed by atoms with Gasteiger partial charge in [0.2, 0.25) is 0 Å². The molecule has 0 heterocycles. The van der Waals surface area contributed by atoms with Crippen LogP contribution in [0.1, 0.15) is 28.8 Å². The maximum Gasteiger partial charge on any atom is 0.338 e. The van der Waals surface area contributed by atoms with Crippen molar-refractivity contribution in [1.29, 1.82) is 10.5 Å². The van der Waals surface area contributed by atoms with Crippen LogP contribution in [0, 0.1) is 29.6 Å². The molecule has 9 nitrogen and oxygen atoms in total. The van der Waals surface area contributed by atoms with Crippen molar-refractivity contribution in [3.63, 3.8) is 0 Å². The van der Waals surface area contributed by atoms with Crippen molar-refractivity contribution >= 4 is 27.6 Å². The standard InChI is InChI=1S/C23H24N4O5S/c1-18-5-11-21(12-6-18)33(30,31)26(2)20-9-7-19(8-10-20)23(29)32-17-22(28)27(15-3-13-24)16-4-14-25/h5-12H,3-4,15-17H2,1-2H3. The zero-order valence-corrected chi connectivity index (χ0v) is 19.2. The first-order valence-corrected chi connectivity index (χ1v) is 11.5. The first kappa shape index (κ1) is 25.4. The highest BCUT2D eigenvalue weighted by Crippen LogP contribution is 2.23. The SMILES string of the molecule is Cc1ccc(S(=O)(=O)N(C)c2ccc(C(=O)OCC(=O)N(CCC#N)CCC#N)cc2)cc1. The number of carbonyl (C=O) groups excluding carboxylic acids is 2. The van der Waals surface area contributed by atoms with Crippen molar-refractivity contribution in [2.75, 3.05) is 31.0 Å². The molecule has 0 aliphatic carbocycles. The molecular formula is C23H24N4O5S. The molecule has 2 rings (SSSR count). The fourth-order valence-electron chi connectivity index (χ4n) is 2.85. The fourth-order valence-corrected chi connectivity index (χ4v) is 4.04. The zero-order valence-electron chi connectivity index (χ0n) is 18.4.